The first-order chi connectivity index (χ1) is 11.9. The number of anilines is 3. The molecule has 5 N–H and O–H groups in total. The van der Waals surface area contributed by atoms with Gasteiger partial charge in [-0.2, -0.15) is 5.26 Å². The Morgan fingerprint density at radius 3 is 2.36 bits per heavy atom. The zero-order valence-electron chi connectivity index (χ0n) is 12.8. The van der Waals surface area contributed by atoms with Gasteiger partial charge in [0.05, 0.1) is 16.3 Å². The van der Waals surface area contributed by atoms with E-state index in [1.54, 1.807) is 24.3 Å². The van der Waals surface area contributed by atoms with Crippen molar-refractivity contribution in [3.05, 3.63) is 64.8 Å². The molecule has 0 saturated carbocycles. The number of amides is 1. The van der Waals surface area contributed by atoms with E-state index in [2.05, 4.69) is 10.6 Å². The Hall–Kier alpha value is -3.50. The highest BCUT2D eigenvalue weighted by molar-refractivity contribution is 6.33. The number of nitrogens with zero attached hydrogens (tertiary/aromatic N) is 1. The molecule has 0 aliphatic rings. The Labute approximate surface area is 148 Å². The number of carboxylic acids is 1. The summed E-state index contributed by atoms with van der Waals surface area (Å²) in [6.07, 6.45) is 1.24. The standard InChI is InChI=1S/C17H13ClN4O3/c18-14-7-13(5-6-15(14)20)21-9-11(8-19)16(23)22-12-3-1-10(2-4-12)17(24)25/h1-7,9,21H,20H2,(H,22,23)(H,24,25)/b11-9-. The fourth-order valence-corrected chi connectivity index (χ4v) is 2.00. The van der Waals surface area contributed by atoms with Crippen molar-refractivity contribution >= 4 is 40.5 Å². The van der Waals surface area contributed by atoms with Gasteiger partial charge >= 0.3 is 5.97 Å². The lowest BCUT2D eigenvalue weighted by atomic mass is 10.2. The minimum Gasteiger partial charge on any atom is -0.478 e. The summed E-state index contributed by atoms with van der Waals surface area (Å²) in [4.78, 5) is 22.9. The number of benzene rings is 2. The van der Waals surface area contributed by atoms with Crippen LogP contribution in [0.25, 0.3) is 0 Å². The van der Waals surface area contributed by atoms with Crippen LogP contribution in [0, 0.1) is 11.3 Å². The number of carboxylic acid groups (broad SMARTS) is 1. The van der Waals surface area contributed by atoms with Crippen molar-refractivity contribution in [3.63, 3.8) is 0 Å². The Morgan fingerprint density at radius 2 is 1.80 bits per heavy atom. The summed E-state index contributed by atoms with van der Waals surface area (Å²) in [5.41, 5.74) is 6.87. The molecule has 0 radical (unpaired) electrons. The lowest BCUT2D eigenvalue weighted by Crippen LogP contribution is -2.14. The third-order valence-corrected chi connectivity index (χ3v) is 3.47. The van der Waals surface area contributed by atoms with Gasteiger partial charge in [0.2, 0.25) is 0 Å². The average molecular weight is 357 g/mol. The molecule has 25 heavy (non-hydrogen) atoms. The third-order valence-electron chi connectivity index (χ3n) is 3.14. The van der Waals surface area contributed by atoms with Crippen LogP contribution in [0.4, 0.5) is 17.1 Å². The second kappa shape index (κ2) is 7.86. The van der Waals surface area contributed by atoms with E-state index in [1.165, 1.54) is 30.5 Å². The van der Waals surface area contributed by atoms with Crippen LogP contribution >= 0.6 is 11.6 Å². The van der Waals surface area contributed by atoms with E-state index in [-0.39, 0.29) is 11.1 Å². The van der Waals surface area contributed by atoms with E-state index in [9.17, 15) is 9.59 Å². The van der Waals surface area contributed by atoms with Crippen molar-refractivity contribution in [1.82, 2.24) is 0 Å². The van der Waals surface area contributed by atoms with Crippen LogP contribution in [0.1, 0.15) is 10.4 Å². The Morgan fingerprint density at radius 1 is 1.16 bits per heavy atom. The zero-order valence-corrected chi connectivity index (χ0v) is 13.5. The Kier molecular flexibility index (Phi) is 5.61. The maximum Gasteiger partial charge on any atom is 0.335 e. The fraction of sp³-hybridized carbons (Fsp3) is 0. The van der Waals surface area contributed by atoms with Gasteiger partial charge in [-0.15, -0.1) is 0 Å². The molecule has 2 aromatic rings. The summed E-state index contributed by atoms with van der Waals surface area (Å²) in [5.74, 6) is -1.71. The average Bonchev–Trinajstić information content (AvgIpc) is 2.59. The van der Waals surface area contributed by atoms with Crippen LogP contribution < -0.4 is 16.4 Å². The summed E-state index contributed by atoms with van der Waals surface area (Å²) in [7, 11) is 0. The molecule has 126 valence electrons. The van der Waals surface area contributed by atoms with Gasteiger partial charge in [-0.1, -0.05) is 11.6 Å². The first kappa shape index (κ1) is 17.8. The van der Waals surface area contributed by atoms with Gasteiger partial charge in [0.15, 0.2) is 0 Å². The number of aromatic carboxylic acids is 1. The number of nitrogens with one attached hydrogen (secondary N) is 2. The number of carbonyl (C=O) groups excluding carboxylic acids is 1. The van der Waals surface area contributed by atoms with Gasteiger partial charge in [0, 0.05) is 17.6 Å². The van der Waals surface area contributed by atoms with Crippen molar-refractivity contribution in [2.24, 2.45) is 0 Å². The normalized spacial score (nSPS) is 10.6. The van der Waals surface area contributed by atoms with Gasteiger partial charge in [-0.25, -0.2) is 4.79 Å². The summed E-state index contributed by atoms with van der Waals surface area (Å²) in [5, 5.41) is 23.6. The highest BCUT2D eigenvalue weighted by Gasteiger charge is 2.10. The summed E-state index contributed by atoms with van der Waals surface area (Å²) < 4.78 is 0. The molecule has 7 nitrogen and oxygen atoms in total. The molecule has 0 unspecified atom stereocenters. The molecule has 2 aromatic carbocycles. The molecule has 0 aliphatic heterocycles. The quantitative estimate of drug-likeness (QED) is 0.370. The van der Waals surface area contributed by atoms with Crippen LogP contribution in [0.5, 0.6) is 0 Å². The number of hydrogen-bond acceptors (Lipinski definition) is 5. The van der Waals surface area contributed by atoms with Crippen molar-refractivity contribution < 1.29 is 14.7 Å². The molecule has 0 spiro atoms. The smallest absolute Gasteiger partial charge is 0.335 e. The maximum atomic E-state index is 12.1. The second-order valence-corrected chi connectivity index (χ2v) is 5.29. The minimum absolute atomic E-state index is 0.0935. The number of rotatable bonds is 5. The third kappa shape index (κ3) is 4.73. The largest absolute Gasteiger partial charge is 0.478 e. The summed E-state index contributed by atoms with van der Waals surface area (Å²) >= 11 is 5.90. The molecule has 2 rings (SSSR count). The van der Waals surface area contributed by atoms with E-state index < -0.39 is 11.9 Å². The number of nitrogen functional groups attached to an aromatic ring is 1. The molecule has 0 heterocycles. The van der Waals surface area contributed by atoms with Gasteiger partial charge in [-0.05, 0) is 42.5 Å². The first-order valence-electron chi connectivity index (χ1n) is 6.97. The molecule has 1 amide bonds. The van der Waals surface area contributed by atoms with E-state index in [0.29, 0.717) is 22.1 Å². The molecule has 0 bridgehead atoms. The predicted molar refractivity (Wildman–Crippen MR) is 95.2 cm³/mol. The Bertz CT molecular complexity index is 886. The van der Waals surface area contributed by atoms with Crippen LogP contribution in [0.15, 0.2) is 54.2 Å². The lowest BCUT2D eigenvalue weighted by Gasteiger charge is -2.06. The predicted octanol–water partition coefficient (Wildman–Crippen LogP) is 3.08. The molecular formula is C17H13ClN4O3. The lowest BCUT2D eigenvalue weighted by molar-refractivity contribution is -0.112. The number of hydrogen-bond donors (Lipinski definition) is 4. The number of halogens is 1. The highest BCUT2D eigenvalue weighted by Crippen LogP contribution is 2.22. The molecule has 0 aliphatic carbocycles. The topological polar surface area (TPSA) is 128 Å². The van der Waals surface area contributed by atoms with E-state index in [1.807, 2.05) is 0 Å². The molecule has 0 atom stereocenters. The van der Waals surface area contributed by atoms with E-state index in [4.69, 9.17) is 27.7 Å². The first-order valence-corrected chi connectivity index (χ1v) is 7.35. The minimum atomic E-state index is -1.07. The molecule has 0 aromatic heterocycles. The van der Waals surface area contributed by atoms with Crippen LogP contribution in [0.2, 0.25) is 5.02 Å². The van der Waals surface area contributed by atoms with Gasteiger partial charge in [0.1, 0.15) is 11.6 Å². The van der Waals surface area contributed by atoms with E-state index >= 15 is 0 Å². The second-order valence-electron chi connectivity index (χ2n) is 4.89. The van der Waals surface area contributed by atoms with Crippen molar-refractivity contribution in [2.45, 2.75) is 0 Å². The highest BCUT2D eigenvalue weighted by atomic mass is 35.5. The van der Waals surface area contributed by atoms with Gasteiger partial charge < -0.3 is 21.5 Å². The van der Waals surface area contributed by atoms with Gasteiger partial charge in [0.25, 0.3) is 5.91 Å². The van der Waals surface area contributed by atoms with Crippen molar-refractivity contribution in [2.75, 3.05) is 16.4 Å². The molecule has 8 heteroatoms. The van der Waals surface area contributed by atoms with Crippen LogP contribution in [0.3, 0.4) is 0 Å². The fourth-order valence-electron chi connectivity index (χ4n) is 1.82. The summed E-state index contributed by atoms with van der Waals surface area (Å²) in [6, 6.07) is 12.2. The van der Waals surface area contributed by atoms with Crippen molar-refractivity contribution in [1.29, 1.82) is 5.26 Å². The zero-order chi connectivity index (χ0) is 18.4. The Balaban J connectivity index is 2.08. The molecular weight excluding hydrogens is 344 g/mol. The number of nitrogens with two attached hydrogens (primary N) is 1. The number of carbonyl (C=O) groups is 2. The number of nitriles is 1. The molecule has 0 fully saturated rings. The van der Waals surface area contributed by atoms with Gasteiger partial charge in [-0.3, -0.25) is 4.79 Å². The van der Waals surface area contributed by atoms with Crippen LogP contribution in [-0.2, 0) is 4.79 Å². The summed E-state index contributed by atoms with van der Waals surface area (Å²) in [6.45, 7) is 0. The van der Waals surface area contributed by atoms with Crippen LogP contribution in [-0.4, -0.2) is 17.0 Å². The molecule has 0 saturated heterocycles. The van der Waals surface area contributed by atoms with Crippen molar-refractivity contribution in [3.8, 4) is 6.07 Å². The maximum absolute atomic E-state index is 12.1. The monoisotopic (exact) mass is 356 g/mol. The van der Waals surface area contributed by atoms with E-state index in [0.717, 1.165) is 0 Å². The SMILES string of the molecule is N#C/C(=C/Nc1ccc(N)c(Cl)c1)C(=O)Nc1ccc(C(=O)O)cc1.